The minimum atomic E-state index is -1.14. The molecule has 120 valence electrons. The largest absolute Gasteiger partial charge is 0.507 e. The quantitative estimate of drug-likeness (QED) is 0.699. The number of benzene rings is 3. The van der Waals surface area contributed by atoms with E-state index in [1.54, 1.807) is 12.1 Å². The van der Waals surface area contributed by atoms with Crippen LogP contribution in [0, 0.1) is 0 Å². The third-order valence-corrected chi connectivity index (χ3v) is 4.51. The number of carboxylic acid groups (broad SMARTS) is 1. The fourth-order valence-electron chi connectivity index (χ4n) is 3.14. The van der Waals surface area contributed by atoms with Crippen LogP contribution in [0.5, 0.6) is 5.75 Å². The standard InChI is InChI=1S/C21H18O3/c1-21(15-9-4-2-5-10-15,16-11-6-3-7-12-16)18-14-8-13-17(19(18)22)20(23)24/h2-14,22H,1H3,(H,23,24). The average molecular weight is 318 g/mol. The van der Waals surface area contributed by atoms with E-state index in [2.05, 4.69) is 0 Å². The number of carboxylic acids is 1. The number of hydrogen-bond donors (Lipinski definition) is 2. The summed E-state index contributed by atoms with van der Waals surface area (Å²) >= 11 is 0. The van der Waals surface area contributed by atoms with Crippen LogP contribution in [0.3, 0.4) is 0 Å². The molecule has 3 aromatic carbocycles. The fourth-order valence-corrected chi connectivity index (χ4v) is 3.14. The van der Waals surface area contributed by atoms with Gasteiger partial charge in [-0.1, -0.05) is 72.8 Å². The average Bonchev–Trinajstić information content (AvgIpc) is 2.62. The van der Waals surface area contributed by atoms with E-state index in [1.807, 2.05) is 67.6 Å². The highest BCUT2D eigenvalue weighted by Gasteiger charge is 2.34. The molecule has 0 atom stereocenters. The third-order valence-electron chi connectivity index (χ3n) is 4.51. The van der Waals surface area contributed by atoms with Crippen molar-refractivity contribution in [1.82, 2.24) is 0 Å². The maximum atomic E-state index is 11.4. The predicted molar refractivity (Wildman–Crippen MR) is 93.5 cm³/mol. The first-order chi connectivity index (χ1) is 11.5. The molecule has 0 radical (unpaired) electrons. The molecule has 0 aromatic heterocycles. The summed E-state index contributed by atoms with van der Waals surface area (Å²) in [5.41, 5.74) is 1.77. The zero-order valence-electron chi connectivity index (χ0n) is 13.3. The molecule has 3 nitrogen and oxygen atoms in total. The van der Waals surface area contributed by atoms with Crippen LogP contribution in [0.25, 0.3) is 0 Å². The Morgan fingerprint density at radius 2 is 1.29 bits per heavy atom. The Labute approximate surface area is 140 Å². The Morgan fingerprint density at radius 3 is 1.75 bits per heavy atom. The van der Waals surface area contributed by atoms with Crippen LogP contribution in [-0.2, 0) is 5.41 Å². The Morgan fingerprint density at radius 1 is 0.792 bits per heavy atom. The first kappa shape index (κ1) is 15.8. The van der Waals surface area contributed by atoms with E-state index in [9.17, 15) is 15.0 Å². The summed E-state index contributed by atoms with van der Waals surface area (Å²) in [6.45, 7) is 2.00. The summed E-state index contributed by atoms with van der Waals surface area (Å²) in [7, 11) is 0. The highest BCUT2D eigenvalue weighted by molar-refractivity contribution is 5.91. The zero-order valence-corrected chi connectivity index (χ0v) is 13.3. The first-order valence-corrected chi connectivity index (χ1v) is 7.72. The molecule has 3 heteroatoms. The molecule has 24 heavy (non-hydrogen) atoms. The first-order valence-electron chi connectivity index (χ1n) is 7.72. The minimum Gasteiger partial charge on any atom is -0.507 e. The number of phenols is 1. The normalized spacial score (nSPS) is 11.2. The molecule has 0 bridgehead atoms. The van der Waals surface area contributed by atoms with Gasteiger partial charge in [-0.15, -0.1) is 0 Å². The summed E-state index contributed by atoms with van der Waals surface area (Å²) < 4.78 is 0. The van der Waals surface area contributed by atoms with Crippen LogP contribution in [0.4, 0.5) is 0 Å². The van der Waals surface area contributed by atoms with Gasteiger partial charge in [-0.05, 0) is 24.1 Å². The molecular formula is C21H18O3. The van der Waals surface area contributed by atoms with E-state index >= 15 is 0 Å². The summed E-state index contributed by atoms with van der Waals surface area (Å²) in [6, 6.07) is 24.4. The van der Waals surface area contributed by atoms with Crippen LogP contribution in [0.2, 0.25) is 0 Å². The van der Waals surface area contributed by atoms with E-state index in [0.717, 1.165) is 11.1 Å². The van der Waals surface area contributed by atoms with Crippen molar-refractivity contribution >= 4 is 5.97 Å². The lowest BCUT2D eigenvalue weighted by molar-refractivity contribution is 0.0693. The van der Waals surface area contributed by atoms with Crippen LogP contribution < -0.4 is 0 Å². The summed E-state index contributed by atoms with van der Waals surface area (Å²) in [6.07, 6.45) is 0. The monoisotopic (exact) mass is 318 g/mol. The van der Waals surface area contributed by atoms with Crippen molar-refractivity contribution in [2.75, 3.05) is 0 Å². The molecule has 0 aliphatic carbocycles. The van der Waals surface area contributed by atoms with E-state index in [4.69, 9.17) is 0 Å². The molecule has 0 amide bonds. The van der Waals surface area contributed by atoms with Gasteiger partial charge in [0.25, 0.3) is 0 Å². The van der Waals surface area contributed by atoms with Gasteiger partial charge < -0.3 is 10.2 Å². The summed E-state index contributed by atoms with van der Waals surface area (Å²) in [4.78, 5) is 11.4. The SMILES string of the molecule is CC(c1ccccc1)(c1ccccc1)c1cccc(C(=O)O)c1O. The molecule has 0 saturated heterocycles. The molecule has 0 unspecified atom stereocenters. The summed E-state index contributed by atoms with van der Waals surface area (Å²) in [5.74, 6) is -1.34. The fraction of sp³-hybridized carbons (Fsp3) is 0.0952. The minimum absolute atomic E-state index is 0.0920. The number of aromatic hydroxyl groups is 1. The van der Waals surface area contributed by atoms with Crippen molar-refractivity contribution in [3.8, 4) is 5.75 Å². The second-order valence-corrected chi connectivity index (χ2v) is 5.86. The van der Waals surface area contributed by atoms with Crippen LogP contribution in [-0.4, -0.2) is 16.2 Å². The number of carbonyl (C=O) groups is 1. The van der Waals surface area contributed by atoms with Crippen molar-refractivity contribution in [2.24, 2.45) is 0 Å². The lowest BCUT2D eigenvalue weighted by Gasteiger charge is -2.32. The highest BCUT2D eigenvalue weighted by atomic mass is 16.4. The molecule has 0 aliphatic rings. The molecular weight excluding hydrogens is 300 g/mol. The maximum Gasteiger partial charge on any atom is 0.339 e. The molecule has 0 fully saturated rings. The van der Waals surface area contributed by atoms with E-state index in [1.165, 1.54) is 6.07 Å². The van der Waals surface area contributed by atoms with Crippen molar-refractivity contribution < 1.29 is 15.0 Å². The second-order valence-electron chi connectivity index (χ2n) is 5.86. The Kier molecular flexibility index (Phi) is 4.09. The molecule has 0 saturated carbocycles. The van der Waals surface area contributed by atoms with Gasteiger partial charge in [0, 0.05) is 11.0 Å². The zero-order chi connectivity index (χ0) is 17.2. The molecule has 0 aliphatic heterocycles. The van der Waals surface area contributed by atoms with Crippen molar-refractivity contribution in [1.29, 1.82) is 0 Å². The number of aromatic carboxylic acids is 1. The topological polar surface area (TPSA) is 57.5 Å². The molecule has 2 N–H and O–H groups in total. The van der Waals surface area contributed by atoms with E-state index < -0.39 is 11.4 Å². The number of rotatable bonds is 4. The smallest absolute Gasteiger partial charge is 0.339 e. The van der Waals surface area contributed by atoms with Gasteiger partial charge in [0.05, 0.1) is 0 Å². The van der Waals surface area contributed by atoms with Gasteiger partial charge in [0.15, 0.2) is 0 Å². The highest BCUT2D eigenvalue weighted by Crippen LogP contribution is 2.43. The lowest BCUT2D eigenvalue weighted by atomic mass is 9.70. The van der Waals surface area contributed by atoms with Gasteiger partial charge in [-0.3, -0.25) is 0 Å². The predicted octanol–water partition coefficient (Wildman–Crippen LogP) is 4.44. The van der Waals surface area contributed by atoms with Gasteiger partial charge in [0.1, 0.15) is 11.3 Å². The lowest BCUT2D eigenvalue weighted by Crippen LogP contribution is -2.26. The number of hydrogen-bond acceptors (Lipinski definition) is 2. The van der Waals surface area contributed by atoms with Crippen LogP contribution >= 0.6 is 0 Å². The Balaban J connectivity index is 2.32. The molecule has 3 rings (SSSR count). The van der Waals surface area contributed by atoms with Crippen molar-refractivity contribution in [2.45, 2.75) is 12.3 Å². The van der Waals surface area contributed by atoms with E-state index in [-0.39, 0.29) is 11.3 Å². The molecule has 3 aromatic rings. The molecule has 0 heterocycles. The van der Waals surface area contributed by atoms with Gasteiger partial charge in [0.2, 0.25) is 0 Å². The number of para-hydroxylation sites is 1. The maximum absolute atomic E-state index is 11.4. The third kappa shape index (κ3) is 2.54. The van der Waals surface area contributed by atoms with Gasteiger partial charge in [-0.2, -0.15) is 0 Å². The van der Waals surface area contributed by atoms with Gasteiger partial charge >= 0.3 is 5.97 Å². The van der Waals surface area contributed by atoms with E-state index in [0.29, 0.717) is 5.56 Å². The second kappa shape index (κ2) is 6.20. The Bertz CT molecular complexity index is 815. The van der Waals surface area contributed by atoms with Crippen LogP contribution in [0.15, 0.2) is 78.9 Å². The van der Waals surface area contributed by atoms with Crippen molar-refractivity contribution in [3.63, 3.8) is 0 Å². The Hall–Kier alpha value is -3.07. The summed E-state index contributed by atoms with van der Waals surface area (Å²) in [5, 5.41) is 20.0. The van der Waals surface area contributed by atoms with Crippen LogP contribution in [0.1, 0.15) is 34.0 Å². The van der Waals surface area contributed by atoms with Crippen molar-refractivity contribution in [3.05, 3.63) is 101 Å². The molecule has 0 spiro atoms. The van der Waals surface area contributed by atoms with Gasteiger partial charge in [-0.25, -0.2) is 4.79 Å².